The molecule has 1 amide bonds. The first kappa shape index (κ1) is 24.2. The highest BCUT2D eigenvalue weighted by Gasteiger charge is 2.28. The Morgan fingerprint density at radius 2 is 1.85 bits per heavy atom. The van der Waals surface area contributed by atoms with E-state index in [-0.39, 0.29) is 5.91 Å². The summed E-state index contributed by atoms with van der Waals surface area (Å²) in [6.07, 6.45) is 10.1. The third-order valence-electron chi connectivity index (χ3n) is 7.19. The monoisotopic (exact) mass is 474 g/mol. The summed E-state index contributed by atoms with van der Waals surface area (Å²) >= 11 is 0. The highest BCUT2D eigenvalue weighted by molar-refractivity contribution is 7.89. The van der Waals surface area contributed by atoms with Crippen LogP contribution in [0.4, 0.5) is 0 Å². The smallest absolute Gasteiger partial charge is 0.243 e. The number of imidazole rings is 1. The van der Waals surface area contributed by atoms with Crippen LogP contribution in [-0.4, -0.2) is 59.8 Å². The third-order valence-corrected chi connectivity index (χ3v) is 9.09. The van der Waals surface area contributed by atoms with E-state index in [0.29, 0.717) is 42.3 Å². The molecule has 2 aromatic rings. The van der Waals surface area contributed by atoms with Crippen molar-refractivity contribution in [2.24, 2.45) is 5.92 Å². The minimum Gasteiger partial charge on any atom is -0.345 e. The number of sulfonamides is 1. The molecule has 0 atom stereocenters. The molecule has 0 spiro atoms. The van der Waals surface area contributed by atoms with Crippen molar-refractivity contribution >= 4 is 27.0 Å². The minimum absolute atomic E-state index is 0.160. The van der Waals surface area contributed by atoms with Gasteiger partial charge in [0.2, 0.25) is 15.9 Å². The molecule has 1 aliphatic heterocycles. The Morgan fingerprint density at radius 1 is 1.12 bits per heavy atom. The Hall–Kier alpha value is -1.93. The summed E-state index contributed by atoms with van der Waals surface area (Å²) in [5.74, 6) is 1.66. The number of amides is 1. The van der Waals surface area contributed by atoms with Crippen LogP contribution in [0.1, 0.15) is 70.5 Å². The summed E-state index contributed by atoms with van der Waals surface area (Å²) in [6, 6.07) is 5.29. The molecule has 0 radical (unpaired) electrons. The van der Waals surface area contributed by atoms with E-state index >= 15 is 0 Å². The molecular formula is C25H38N4O3S. The van der Waals surface area contributed by atoms with Crippen molar-refractivity contribution < 1.29 is 13.2 Å². The second kappa shape index (κ2) is 10.6. The van der Waals surface area contributed by atoms with Gasteiger partial charge in [0.05, 0.1) is 15.9 Å². The maximum absolute atomic E-state index is 13.0. The molecule has 2 heterocycles. The minimum atomic E-state index is -3.47. The van der Waals surface area contributed by atoms with E-state index in [1.54, 1.807) is 16.4 Å². The van der Waals surface area contributed by atoms with Gasteiger partial charge in [-0.25, -0.2) is 13.4 Å². The lowest BCUT2D eigenvalue weighted by Crippen LogP contribution is -2.32. The van der Waals surface area contributed by atoms with E-state index in [9.17, 15) is 13.2 Å². The molecule has 1 saturated carbocycles. The van der Waals surface area contributed by atoms with Crippen molar-refractivity contribution in [2.75, 3.05) is 26.7 Å². The van der Waals surface area contributed by atoms with E-state index in [1.165, 1.54) is 32.1 Å². The van der Waals surface area contributed by atoms with Crippen LogP contribution in [-0.2, 0) is 27.8 Å². The normalized spacial score (nSPS) is 18.2. The summed E-state index contributed by atoms with van der Waals surface area (Å²) in [5, 5.41) is 0. The second-order valence-corrected chi connectivity index (χ2v) is 11.7. The van der Waals surface area contributed by atoms with E-state index in [0.717, 1.165) is 43.7 Å². The van der Waals surface area contributed by atoms with E-state index in [4.69, 9.17) is 4.98 Å². The van der Waals surface area contributed by atoms with Crippen molar-refractivity contribution in [1.82, 2.24) is 18.8 Å². The van der Waals surface area contributed by atoms with Crippen molar-refractivity contribution in [1.29, 1.82) is 0 Å². The predicted octanol–water partition coefficient (Wildman–Crippen LogP) is 4.20. The molecule has 33 heavy (non-hydrogen) atoms. The summed E-state index contributed by atoms with van der Waals surface area (Å²) in [7, 11) is -1.56. The molecule has 0 bridgehead atoms. The lowest BCUT2D eigenvalue weighted by molar-refractivity contribution is -0.130. The molecule has 1 aliphatic carbocycles. The van der Waals surface area contributed by atoms with Gasteiger partial charge in [-0.1, -0.05) is 26.2 Å². The average Bonchev–Trinajstić information content (AvgIpc) is 3.47. The van der Waals surface area contributed by atoms with Crippen LogP contribution in [0.25, 0.3) is 11.0 Å². The molecule has 1 aromatic heterocycles. The molecule has 1 aromatic carbocycles. The van der Waals surface area contributed by atoms with Gasteiger partial charge in [0.25, 0.3) is 0 Å². The number of nitrogens with zero attached hydrogens (tertiary/aromatic N) is 4. The number of hydrogen-bond acceptors (Lipinski definition) is 4. The largest absolute Gasteiger partial charge is 0.345 e. The fourth-order valence-electron chi connectivity index (χ4n) is 5.33. The highest BCUT2D eigenvalue weighted by atomic mass is 32.2. The average molecular weight is 475 g/mol. The molecular weight excluding hydrogens is 436 g/mol. The molecule has 0 unspecified atom stereocenters. The number of aryl methyl sites for hydroxylation is 2. The number of carbonyl (C=O) groups is 1. The summed E-state index contributed by atoms with van der Waals surface area (Å²) in [6.45, 7) is 4.95. The Kier molecular flexibility index (Phi) is 7.74. The molecule has 182 valence electrons. The van der Waals surface area contributed by atoms with Gasteiger partial charge in [0.15, 0.2) is 0 Å². The molecule has 7 nitrogen and oxygen atoms in total. The lowest BCUT2D eigenvalue weighted by atomic mass is 9.89. The van der Waals surface area contributed by atoms with Crippen LogP contribution >= 0.6 is 0 Å². The number of rotatable bonds is 9. The fraction of sp³-hybridized carbons (Fsp3) is 0.680. The first-order chi connectivity index (χ1) is 15.9. The van der Waals surface area contributed by atoms with E-state index < -0.39 is 10.0 Å². The van der Waals surface area contributed by atoms with E-state index in [2.05, 4.69) is 11.5 Å². The molecule has 8 heteroatoms. The zero-order valence-corrected chi connectivity index (χ0v) is 20.9. The number of hydrogen-bond donors (Lipinski definition) is 0. The first-order valence-corrected chi connectivity index (χ1v) is 14.1. The standard InChI is InChI=1S/C25H38N4O3S/c1-3-15-29-23-12-11-21(33(31,32)28-16-7-8-17-28)18-22(23)26-24(29)13-14-25(30)27(2)19-20-9-5-4-6-10-20/h11-12,18,20H,3-10,13-17,19H2,1-2H3. The van der Waals surface area contributed by atoms with Crippen LogP contribution < -0.4 is 0 Å². The Morgan fingerprint density at radius 3 is 2.55 bits per heavy atom. The van der Waals surface area contributed by atoms with Crippen molar-refractivity contribution in [2.45, 2.75) is 82.6 Å². The number of fused-ring (bicyclic) bond motifs is 1. The van der Waals surface area contributed by atoms with Crippen molar-refractivity contribution in [3.63, 3.8) is 0 Å². The van der Waals surface area contributed by atoms with Crippen molar-refractivity contribution in [3.05, 3.63) is 24.0 Å². The number of carbonyl (C=O) groups excluding carboxylic acids is 1. The maximum Gasteiger partial charge on any atom is 0.243 e. The molecule has 2 fully saturated rings. The SMILES string of the molecule is CCCn1c(CCC(=O)N(C)CC2CCCCC2)nc2cc(S(=O)(=O)N3CCCC3)ccc21. The highest BCUT2D eigenvalue weighted by Crippen LogP contribution is 2.27. The van der Waals surface area contributed by atoms with Gasteiger partial charge < -0.3 is 9.47 Å². The zero-order valence-electron chi connectivity index (χ0n) is 20.1. The fourth-order valence-corrected chi connectivity index (χ4v) is 6.87. The summed E-state index contributed by atoms with van der Waals surface area (Å²) < 4.78 is 29.7. The van der Waals surface area contributed by atoms with Crippen LogP contribution in [0.15, 0.2) is 23.1 Å². The van der Waals surface area contributed by atoms with Gasteiger partial charge in [-0.15, -0.1) is 0 Å². The number of aromatic nitrogens is 2. The molecule has 0 N–H and O–H groups in total. The molecule has 4 rings (SSSR count). The van der Waals surface area contributed by atoms with Gasteiger partial charge in [0.1, 0.15) is 5.82 Å². The van der Waals surface area contributed by atoms with E-state index in [1.807, 2.05) is 18.0 Å². The topological polar surface area (TPSA) is 75.5 Å². The van der Waals surface area contributed by atoms with Crippen LogP contribution in [0, 0.1) is 5.92 Å². The first-order valence-electron chi connectivity index (χ1n) is 12.6. The van der Waals surface area contributed by atoms with Gasteiger partial charge in [0, 0.05) is 46.1 Å². The Labute approximate surface area is 198 Å². The van der Waals surface area contributed by atoms with Crippen molar-refractivity contribution in [3.8, 4) is 0 Å². The quantitative estimate of drug-likeness (QED) is 0.546. The lowest BCUT2D eigenvalue weighted by Gasteiger charge is -2.27. The van der Waals surface area contributed by atoms with Crippen LogP contribution in [0.5, 0.6) is 0 Å². The van der Waals surface area contributed by atoms with Crippen LogP contribution in [0.2, 0.25) is 0 Å². The predicted molar refractivity (Wildman–Crippen MR) is 131 cm³/mol. The van der Waals surface area contributed by atoms with Gasteiger partial charge >= 0.3 is 0 Å². The number of benzene rings is 1. The zero-order chi connectivity index (χ0) is 23.4. The van der Waals surface area contributed by atoms with Gasteiger partial charge in [-0.3, -0.25) is 4.79 Å². The maximum atomic E-state index is 13.0. The second-order valence-electron chi connectivity index (χ2n) is 9.72. The van der Waals surface area contributed by atoms with Gasteiger partial charge in [-0.2, -0.15) is 4.31 Å². The Bertz CT molecular complexity index is 1070. The molecule has 1 saturated heterocycles. The van der Waals surface area contributed by atoms with Gasteiger partial charge in [-0.05, 0) is 56.2 Å². The van der Waals surface area contributed by atoms with Crippen LogP contribution in [0.3, 0.4) is 0 Å². The third kappa shape index (κ3) is 5.43. The Balaban J connectivity index is 1.49. The summed E-state index contributed by atoms with van der Waals surface area (Å²) in [4.78, 5) is 19.8. The molecule has 2 aliphatic rings. The summed E-state index contributed by atoms with van der Waals surface area (Å²) in [5.41, 5.74) is 1.64.